The van der Waals surface area contributed by atoms with Gasteiger partial charge in [-0.2, -0.15) is 0 Å². The van der Waals surface area contributed by atoms with E-state index in [1.807, 2.05) is 4.90 Å². The minimum absolute atomic E-state index is 0.210. The zero-order valence-electron chi connectivity index (χ0n) is 13.6. The van der Waals surface area contributed by atoms with Crippen LogP contribution in [0.2, 0.25) is 0 Å². The monoisotopic (exact) mass is 326 g/mol. The van der Waals surface area contributed by atoms with Crippen molar-refractivity contribution >= 4 is 5.91 Å². The van der Waals surface area contributed by atoms with Gasteiger partial charge in [0.2, 0.25) is 5.91 Å². The van der Waals surface area contributed by atoms with E-state index in [1.165, 1.54) is 0 Å². The molecule has 4 heterocycles. The fourth-order valence-electron chi connectivity index (χ4n) is 4.01. The Morgan fingerprint density at radius 1 is 0.739 bits per heavy atom. The first-order chi connectivity index (χ1) is 11.2. The van der Waals surface area contributed by atoms with Crippen molar-refractivity contribution in [2.24, 2.45) is 0 Å². The summed E-state index contributed by atoms with van der Waals surface area (Å²) in [5.41, 5.74) is 0. The molecule has 4 fully saturated rings. The van der Waals surface area contributed by atoms with Gasteiger partial charge in [0.15, 0.2) is 11.6 Å². The quantitative estimate of drug-likeness (QED) is 0.722. The van der Waals surface area contributed by atoms with E-state index in [-0.39, 0.29) is 11.7 Å². The van der Waals surface area contributed by atoms with Gasteiger partial charge >= 0.3 is 0 Å². The van der Waals surface area contributed by atoms with E-state index in [0.29, 0.717) is 33.0 Å². The molecule has 0 radical (unpaired) electrons. The van der Waals surface area contributed by atoms with Crippen molar-refractivity contribution in [3.05, 3.63) is 0 Å². The number of hydrogen-bond acceptors (Lipinski definition) is 6. The number of nitrogens with zero attached hydrogens (tertiary/aromatic N) is 2. The second kappa shape index (κ2) is 6.29. The largest absolute Gasteiger partial charge is 0.347 e. The van der Waals surface area contributed by atoms with Gasteiger partial charge in [0.1, 0.15) is 0 Å². The number of carbonyl (C=O) groups is 1. The highest BCUT2D eigenvalue weighted by Gasteiger charge is 2.42. The molecule has 7 heteroatoms. The number of amides is 1. The van der Waals surface area contributed by atoms with E-state index in [0.717, 1.165) is 51.9 Å². The van der Waals surface area contributed by atoms with Crippen LogP contribution in [0.3, 0.4) is 0 Å². The molecule has 1 amide bonds. The predicted octanol–water partition coefficient (Wildman–Crippen LogP) is 0.191. The maximum atomic E-state index is 12.5. The molecule has 0 bridgehead atoms. The molecule has 0 atom stereocenters. The van der Waals surface area contributed by atoms with Gasteiger partial charge in [0, 0.05) is 51.9 Å². The van der Waals surface area contributed by atoms with Crippen LogP contribution < -0.4 is 0 Å². The van der Waals surface area contributed by atoms with Crippen LogP contribution in [0.5, 0.6) is 0 Å². The third kappa shape index (κ3) is 3.25. The minimum atomic E-state index is -0.411. The van der Waals surface area contributed by atoms with Gasteiger partial charge in [0.25, 0.3) is 0 Å². The lowest BCUT2D eigenvalue weighted by Gasteiger charge is -2.40. The smallest absolute Gasteiger partial charge is 0.236 e. The van der Waals surface area contributed by atoms with Gasteiger partial charge in [-0.3, -0.25) is 9.69 Å². The molecule has 130 valence electrons. The van der Waals surface area contributed by atoms with Crippen molar-refractivity contribution in [1.29, 1.82) is 0 Å². The van der Waals surface area contributed by atoms with Gasteiger partial charge in [-0.25, -0.2) is 0 Å². The molecule has 4 aliphatic heterocycles. The number of rotatable bonds is 2. The Kier molecular flexibility index (Phi) is 4.32. The summed E-state index contributed by atoms with van der Waals surface area (Å²) in [4.78, 5) is 16.7. The molecule has 0 aromatic carbocycles. The van der Waals surface area contributed by atoms with Crippen molar-refractivity contribution in [3.63, 3.8) is 0 Å². The molecule has 2 spiro atoms. The van der Waals surface area contributed by atoms with Crippen LogP contribution in [0.15, 0.2) is 0 Å². The fraction of sp³-hybridized carbons (Fsp3) is 0.938. The van der Waals surface area contributed by atoms with Gasteiger partial charge < -0.3 is 23.8 Å². The molecule has 7 nitrogen and oxygen atoms in total. The second-order valence-corrected chi connectivity index (χ2v) is 6.87. The standard InChI is InChI=1S/C16H26N2O5/c19-14(18-7-3-16(4-8-18)22-11-12-23-16)13-17-5-1-15(2-6-17)20-9-10-21-15/h1-13H2. The maximum Gasteiger partial charge on any atom is 0.236 e. The van der Waals surface area contributed by atoms with E-state index in [4.69, 9.17) is 18.9 Å². The van der Waals surface area contributed by atoms with Crippen molar-refractivity contribution in [3.8, 4) is 0 Å². The Hall–Kier alpha value is -0.730. The highest BCUT2D eigenvalue weighted by atomic mass is 16.7. The first-order valence-electron chi connectivity index (χ1n) is 8.75. The van der Waals surface area contributed by atoms with Crippen molar-refractivity contribution in [1.82, 2.24) is 9.80 Å². The third-order valence-electron chi connectivity index (χ3n) is 5.48. The Bertz CT molecular complexity index is 426. The van der Waals surface area contributed by atoms with Crippen LogP contribution in [0.4, 0.5) is 0 Å². The van der Waals surface area contributed by atoms with Crippen LogP contribution >= 0.6 is 0 Å². The zero-order valence-corrected chi connectivity index (χ0v) is 13.6. The molecule has 4 saturated heterocycles. The molecule has 0 saturated carbocycles. The fourth-order valence-corrected chi connectivity index (χ4v) is 4.01. The zero-order chi connectivity index (χ0) is 15.8. The lowest BCUT2D eigenvalue weighted by molar-refractivity contribution is -0.191. The predicted molar refractivity (Wildman–Crippen MR) is 80.8 cm³/mol. The van der Waals surface area contributed by atoms with Gasteiger partial charge in [-0.05, 0) is 0 Å². The summed E-state index contributed by atoms with van der Waals surface area (Å²) < 4.78 is 22.9. The van der Waals surface area contributed by atoms with Crippen LogP contribution in [0.1, 0.15) is 25.7 Å². The Balaban J connectivity index is 1.23. The SMILES string of the molecule is O=C(CN1CCC2(CC1)OCCO2)N1CCC2(CC1)OCCO2. The topological polar surface area (TPSA) is 60.5 Å². The summed E-state index contributed by atoms with van der Waals surface area (Å²) in [7, 11) is 0. The lowest BCUT2D eigenvalue weighted by atomic mass is 10.0. The third-order valence-corrected chi connectivity index (χ3v) is 5.48. The van der Waals surface area contributed by atoms with Crippen molar-refractivity contribution in [2.45, 2.75) is 37.3 Å². The van der Waals surface area contributed by atoms with Crippen LogP contribution in [-0.2, 0) is 23.7 Å². The molecule has 0 aromatic heterocycles. The molecule has 0 aromatic rings. The molecular weight excluding hydrogens is 300 g/mol. The molecular formula is C16H26N2O5. The second-order valence-electron chi connectivity index (χ2n) is 6.87. The van der Waals surface area contributed by atoms with Gasteiger partial charge in [-0.1, -0.05) is 0 Å². The average Bonchev–Trinajstić information content (AvgIpc) is 3.21. The van der Waals surface area contributed by atoms with Gasteiger partial charge in [0.05, 0.1) is 33.0 Å². The van der Waals surface area contributed by atoms with Crippen molar-refractivity contribution in [2.75, 3.05) is 59.2 Å². The number of likely N-dealkylation sites (tertiary alicyclic amines) is 2. The average molecular weight is 326 g/mol. The van der Waals surface area contributed by atoms with E-state index in [9.17, 15) is 4.79 Å². The van der Waals surface area contributed by atoms with Crippen molar-refractivity contribution < 1.29 is 23.7 Å². The lowest BCUT2D eigenvalue weighted by Crippen LogP contribution is -2.52. The molecule has 0 aliphatic carbocycles. The first-order valence-corrected chi connectivity index (χ1v) is 8.75. The summed E-state index contributed by atoms with van der Waals surface area (Å²) in [6.07, 6.45) is 3.27. The summed E-state index contributed by atoms with van der Waals surface area (Å²) in [5, 5.41) is 0. The Morgan fingerprint density at radius 2 is 1.17 bits per heavy atom. The number of hydrogen-bond donors (Lipinski definition) is 0. The maximum absolute atomic E-state index is 12.5. The molecule has 0 N–H and O–H groups in total. The van der Waals surface area contributed by atoms with E-state index in [1.54, 1.807) is 0 Å². The summed E-state index contributed by atoms with van der Waals surface area (Å²) in [5.74, 6) is -0.568. The minimum Gasteiger partial charge on any atom is -0.347 e. The highest BCUT2D eigenvalue weighted by Crippen LogP contribution is 2.32. The number of piperidine rings is 2. The van der Waals surface area contributed by atoms with Crippen LogP contribution in [0.25, 0.3) is 0 Å². The van der Waals surface area contributed by atoms with Crippen LogP contribution in [0, 0.1) is 0 Å². The molecule has 0 unspecified atom stereocenters. The molecule has 4 rings (SSSR count). The van der Waals surface area contributed by atoms with E-state index in [2.05, 4.69) is 4.90 Å². The first kappa shape index (κ1) is 15.8. The number of carbonyl (C=O) groups excluding carboxylic acids is 1. The Labute approximate surface area is 136 Å². The summed E-state index contributed by atoms with van der Waals surface area (Å²) in [6, 6.07) is 0. The molecule has 4 aliphatic rings. The Morgan fingerprint density at radius 3 is 1.65 bits per heavy atom. The van der Waals surface area contributed by atoms with E-state index >= 15 is 0 Å². The summed E-state index contributed by atoms with van der Waals surface area (Å²) in [6.45, 7) is 6.39. The normalized spacial score (nSPS) is 30.3. The highest BCUT2D eigenvalue weighted by molar-refractivity contribution is 5.78. The van der Waals surface area contributed by atoms with E-state index < -0.39 is 5.79 Å². The molecule has 23 heavy (non-hydrogen) atoms. The number of ether oxygens (including phenoxy) is 4. The van der Waals surface area contributed by atoms with Gasteiger partial charge in [-0.15, -0.1) is 0 Å². The summed E-state index contributed by atoms with van der Waals surface area (Å²) >= 11 is 0. The van der Waals surface area contributed by atoms with Crippen LogP contribution in [-0.4, -0.2) is 86.4 Å².